The van der Waals surface area contributed by atoms with Crippen LogP contribution in [0.15, 0.2) is 35.5 Å². The number of benzene rings is 1. The molecule has 0 bridgehead atoms. The molecule has 9 heteroatoms. The van der Waals surface area contributed by atoms with Crippen molar-refractivity contribution in [1.29, 1.82) is 0 Å². The van der Waals surface area contributed by atoms with E-state index in [1.54, 1.807) is 0 Å². The number of aliphatic imine (C=N–C) groups is 1. The summed E-state index contributed by atoms with van der Waals surface area (Å²) >= 11 is 0. The van der Waals surface area contributed by atoms with Crippen molar-refractivity contribution in [3.8, 4) is 5.75 Å². The molecule has 28 heavy (non-hydrogen) atoms. The van der Waals surface area contributed by atoms with Gasteiger partial charge >= 0.3 is 6.18 Å². The van der Waals surface area contributed by atoms with E-state index in [-0.39, 0.29) is 18.2 Å². The summed E-state index contributed by atoms with van der Waals surface area (Å²) in [6, 6.07) is 7.72. The molecule has 1 unspecified atom stereocenters. The maximum absolute atomic E-state index is 13.1. The van der Waals surface area contributed by atoms with Crippen molar-refractivity contribution in [2.24, 2.45) is 12.0 Å². The van der Waals surface area contributed by atoms with Gasteiger partial charge in [-0.25, -0.2) is 4.99 Å². The molecule has 0 aliphatic rings. The minimum absolute atomic E-state index is 0.0243. The highest BCUT2D eigenvalue weighted by Gasteiger charge is 2.36. The highest BCUT2D eigenvalue weighted by Crippen LogP contribution is 2.30. The number of aryl methyl sites for hydroxylation is 2. The van der Waals surface area contributed by atoms with Crippen molar-refractivity contribution in [2.45, 2.75) is 39.6 Å². The SMILES string of the molecule is CCNC(=NCc1cn(C)nc1C(F)(F)F)NCC(C)Oc1cccc(C)c1. The Morgan fingerprint density at radius 1 is 1.32 bits per heavy atom. The summed E-state index contributed by atoms with van der Waals surface area (Å²) in [7, 11) is 1.45. The van der Waals surface area contributed by atoms with Gasteiger partial charge in [-0.1, -0.05) is 12.1 Å². The quantitative estimate of drug-likeness (QED) is 0.556. The Morgan fingerprint density at radius 2 is 2.07 bits per heavy atom. The first-order valence-electron chi connectivity index (χ1n) is 9.04. The standard InChI is InChI=1S/C19H26F3N5O/c1-5-23-18(24-10-14(3)28-16-8-6-7-13(2)9-16)25-11-15-12-27(4)26-17(15)19(20,21)22/h6-9,12,14H,5,10-11H2,1-4H3,(H2,23,24,25). The number of hydrogen-bond donors (Lipinski definition) is 2. The summed E-state index contributed by atoms with van der Waals surface area (Å²) in [5.41, 5.74) is 0.214. The zero-order chi connectivity index (χ0) is 20.7. The highest BCUT2D eigenvalue weighted by molar-refractivity contribution is 5.79. The van der Waals surface area contributed by atoms with E-state index in [0.717, 1.165) is 16.0 Å². The number of rotatable bonds is 7. The minimum atomic E-state index is -4.51. The summed E-state index contributed by atoms with van der Waals surface area (Å²) in [6.07, 6.45) is -3.33. The second kappa shape index (κ2) is 9.48. The smallest absolute Gasteiger partial charge is 0.435 e. The number of nitrogens with one attached hydrogen (secondary N) is 2. The predicted octanol–water partition coefficient (Wildman–Crippen LogP) is 3.27. The Hall–Kier alpha value is -2.71. The average Bonchev–Trinajstić information content (AvgIpc) is 2.98. The first-order valence-corrected chi connectivity index (χ1v) is 9.04. The molecule has 1 heterocycles. The Labute approximate surface area is 162 Å². The number of nitrogens with zero attached hydrogens (tertiary/aromatic N) is 3. The monoisotopic (exact) mass is 397 g/mol. The van der Waals surface area contributed by atoms with Crippen LogP contribution in [0, 0.1) is 6.92 Å². The molecule has 0 spiro atoms. The number of ether oxygens (including phenoxy) is 1. The summed E-state index contributed by atoms with van der Waals surface area (Å²) in [4.78, 5) is 4.25. The van der Waals surface area contributed by atoms with E-state index in [0.29, 0.717) is 19.0 Å². The summed E-state index contributed by atoms with van der Waals surface area (Å²) in [5, 5.41) is 9.61. The Balaban J connectivity index is 1.99. The van der Waals surface area contributed by atoms with E-state index in [9.17, 15) is 13.2 Å². The normalized spacial score (nSPS) is 13.3. The van der Waals surface area contributed by atoms with Crippen molar-refractivity contribution in [3.05, 3.63) is 47.3 Å². The first-order chi connectivity index (χ1) is 13.2. The van der Waals surface area contributed by atoms with Crippen LogP contribution in [0.25, 0.3) is 0 Å². The van der Waals surface area contributed by atoms with Crippen LogP contribution in [-0.2, 0) is 19.8 Å². The van der Waals surface area contributed by atoms with Crippen molar-refractivity contribution in [1.82, 2.24) is 20.4 Å². The van der Waals surface area contributed by atoms with Crippen molar-refractivity contribution < 1.29 is 17.9 Å². The lowest BCUT2D eigenvalue weighted by molar-refractivity contribution is -0.142. The van der Waals surface area contributed by atoms with E-state index in [1.165, 1.54) is 13.2 Å². The summed E-state index contributed by atoms with van der Waals surface area (Å²) in [5.74, 6) is 1.18. The van der Waals surface area contributed by atoms with E-state index >= 15 is 0 Å². The molecule has 0 aliphatic heterocycles. The van der Waals surface area contributed by atoms with E-state index in [2.05, 4.69) is 20.7 Å². The molecule has 1 aromatic heterocycles. The molecule has 2 N–H and O–H groups in total. The Bertz CT molecular complexity index is 801. The van der Waals surface area contributed by atoms with Crippen LogP contribution >= 0.6 is 0 Å². The topological polar surface area (TPSA) is 63.5 Å². The van der Waals surface area contributed by atoms with Crippen LogP contribution in [0.1, 0.15) is 30.7 Å². The maximum atomic E-state index is 13.1. The molecule has 0 fully saturated rings. The molecule has 6 nitrogen and oxygen atoms in total. The second-order valence-electron chi connectivity index (χ2n) is 6.50. The predicted molar refractivity (Wildman–Crippen MR) is 102 cm³/mol. The van der Waals surface area contributed by atoms with Crippen LogP contribution in [0.3, 0.4) is 0 Å². The lowest BCUT2D eigenvalue weighted by Crippen LogP contribution is -2.41. The van der Waals surface area contributed by atoms with E-state index < -0.39 is 11.9 Å². The second-order valence-corrected chi connectivity index (χ2v) is 6.50. The largest absolute Gasteiger partial charge is 0.489 e. The summed E-state index contributed by atoms with van der Waals surface area (Å²) < 4.78 is 46.1. The van der Waals surface area contributed by atoms with Gasteiger partial charge in [0.15, 0.2) is 11.7 Å². The molecule has 0 aliphatic carbocycles. The van der Waals surface area contributed by atoms with Gasteiger partial charge in [-0.05, 0) is 38.5 Å². The van der Waals surface area contributed by atoms with Crippen LogP contribution in [0.4, 0.5) is 13.2 Å². The highest BCUT2D eigenvalue weighted by atomic mass is 19.4. The molecule has 0 radical (unpaired) electrons. The fourth-order valence-corrected chi connectivity index (χ4v) is 2.60. The Morgan fingerprint density at radius 3 is 2.71 bits per heavy atom. The minimum Gasteiger partial charge on any atom is -0.489 e. The number of halogens is 3. The summed E-state index contributed by atoms with van der Waals surface area (Å²) in [6.45, 7) is 6.67. The van der Waals surface area contributed by atoms with Crippen molar-refractivity contribution in [2.75, 3.05) is 13.1 Å². The average molecular weight is 397 g/mol. The molecule has 2 aromatic rings. The lowest BCUT2D eigenvalue weighted by atomic mass is 10.2. The third kappa shape index (κ3) is 6.47. The molecular weight excluding hydrogens is 371 g/mol. The van der Waals surface area contributed by atoms with Crippen LogP contribution in [0.2, 0.25) is 0 Å². The zero-order valence-corrected chi connectivity index (χ0v) is 16.5. The van der Waals surface area contributed by atoms with Gasteiger partial charge < -0.3 is 15.4 Å². The fourth-order valence-electron chi connectivity index (χ4n) is 2.60. The van der Waals surface area contributed by atoms with E-state index in [1.807, 2.05) is 45.0 Å². The van der Waals surface area contributed by atoms with Crippen LogP contribution in [0.5, 0.6) is 5.75 Å². The van der Waals surface area contributed by atoms with Gasteiger partial charge in [-0.15, -0.1) is 0 Å². The zero-order valence-electron chi connectivity index (χ0n) is 16.5. The van der Waals surface area contributed by atoms with Gasteiger partial charge in [0.25, 0.3) is 0 Å². The molecule has 0 saturated carbocycles. The van der Waals surface area contributed by atoms with Gasteiger partial charge in [0.1, 0.15) is 11.9 Å². The molecular formula is C19H26F3N5O. The first kappa shape index (κ1) is 21.6. The lowest BCUT2D eigenvalue weighted by Gasteiger charge is -2.18. The number of aromatic nitrogens is 2. The van der Waals surface area contributed by atoms with Gasteiger partial charge in [0.05, 0.1) is 13.1 Å². The molecule has 0 saturated heterocycles. The maximum Gasteiger partial charge on any atom is 0.435 e. The van der Waals surface area contributed by atoms with Crippen molar-refractivity contribution in [3.63, 3.8) is 0 Å². The number of guanidine groups is 1. The Kier molecular flexibility index (Phi) is 7.31. The van der Waals surface area contributed by atoms with Gasteiger partial charge in [0.2, 0.25) is 0 Å². The molecule has 2 rings (SSSR count). The van der Waals surface area contributed by atoms with Crippen LogP contribution in [-0.4, -0.2) is 34.9 Å². The van der Waals surface area contributed by atoms with E-state index in [4.69, 9.17) is 4.74 Å². The number of alkyl halides is 3. The van der Waals surface area contributed by atoms with Crippen molar-refractivity contribution >= 4 is 5.96 Å². The third-order valence-electron chi connectivity index (χ3n) is 3.81. The molecule has 154 valence electrons. The van der Waals surface area contributed by atoms with Gasteiger partial charge in [-0.3, -0.25) is 4.68 Å². The van der Waals surface area contributed by atoms with Gasteiger partial charge in [-0.2, -0.15) is 18.3 Å². The molecule has 1 atom stereocenters. The van der Waals surface area contributed by atoms with Crippen LogP contribution < -0.4 is 15.4 Å². The molecule has 1 aromatic carbocycles. The molecule has 0 amide bonds. The number of hydrogen-bond acceptors (Lipinski definition) is 3. The third-order valence-corrected chi connectivity index (χ3v) is 3.81. The van der Waals surface area contributed by atoms with Gasteiger partial charge in [0, 0.05) is 25.4 Å². The fraction of sp³-hybridized carbons (Fsp3) is 0.474.